The van der Waals surface area contributed by atoms with Crippen LogP contribution < -0.4 is 0 Å². The molecular weight excluding hydrogens is 363 g/mol. The molecule has 3 heterocycles. The highest BCUT2D eigenvalue weighted by Gasteiger charge is 2.53. The molecule has 1 aromatic rings. The maximum Gasteiger partial charge on any atom is 0.417 e. The molecule has 1 aromatic carbocycles. The van der Waals surface area contributed by atoms with Crippen LogP contribution in [-0.4, -0.2) is 82.1 Å². The number of carbonyl (C=O) groups is 2. The molecule has 4 rings (SSSR count). The molecule has 1 saturated heterocycles. The van der Waals surface area contributed by atoms with E-state index in [0.717, 1.165) is 16.0 Å². The molecule has 1 atom stereocenters. The van der Waals surface area contributed by atoms with Crippen LogP contribution in [0.5, 0.6) is 0 Å². The summed E-state index contributed by atoms with van der Waals surface area (Å²) in [4.78, 5) is 32.2. The predicted octanol–water partition coefficient (Wildman–Crippen LogP) is 1.09. The van der Waals surface area contributed by atoms with Crippen LogP contribution in [-0.2, 0) is 4.79 Å². The van der Waals surface area contributed by atoms with Crippen LogP contribution in [0.3, 0.4) is 0 Å². The van der Waals surface area contributed by atoms with Gasteiger partial charge in [0.25, 0.3) is 5.91 Å². The van der Waals surface area contributed by atoms with Gasteiger partial charge in [0.15, 0.2) is 0 Å². The molecule has 0 radical (unpaired) electrons. The van der Waals surface area contributed by atoms with Crippen molar-refractivity contribution in [3.05, 3.63) is 47.8 Å². The third-order valence-electron chi connectivity index (χ3n) is 4.90. The topological polar surface area (TPSA) is 71.6 Å². The third-order valence-corrected chi connectivity index (χ3v) is 4.90. The van der Waals surface area contributed by atoms with Gasteiger partial charge in [-0.15, -0.1) is 10.1 Å². The van der Waals surface area contributed by atoms with Gasteiger partial charge in [-0.25, -0.2) is 13.8 Å². The van der Waals surface area contributed by atoms with Gasteiger partial charge in [0.2, 0.25) is 11.9 Å². The van der Waals surface area contributed by atoms with Crippen molar-refractivity contribution in [2.24, 2.45) is 10.1 Å². The summed E-state index contributed by atoms with van der Waals surface area (Å²) in [6, 6.07) is 4.92. The molecule has 3 aliphatic heterocycles. The van der Waals surface area contributed by atoms with E-state index in [9.17, 15) is 14.0 Å². The fourth-order valence-corrected chi connectivity index (χ4v) is 3.49. The van der Waals surface area contributed by atoms with Gasteiger partial charge in [-0.1, -0.05) is 23.7 Å². The Kier molecular flexibility index (Phi) is 4.10. The lowest BCUT2D eigenvalue weighted by Crippen LogP contribution is -2.62. The molecule has 9 heteroatoms. The van der Waals surface area contributed by atoms with Crippen LogP contribution >= 0.6 is 0 Å². The maximum atomic E-state index is 13.3. The summed E-state index contributed by atoms with van der Waals surface area (Å²) < 4.78 is 15.2. The SMILES string of the molecule is C=C(C)CN1N=C(c2ccc(F)cc2)C[N+]2=C1N=C1C2C(=O)N(C)C(=O)N1C. The molecule has 0 N–H and O–H groups in total. The predicted molar refractivity (Wildman–Crippen MR) is 102 cm³/mol. The molecule has 3 amide bonds. The van der Waals surface area contributed by atoms with E-state index < -0.39 is 12.1 Å². The number of likely N-dealkylation sites (N-methyl/N-ethyl adjacent to an activating group) is 2. The Labute approximate surface area is 161 Å². The summed E-state index contributed by atoms with van der Waals surface area (Å²) in [5, 5.41) is 6.33. The number of nitrogens with zero attached hydrogens (tertiary/aromatic N) is 6. The van der Waals surface area contributed by atoms with E-state index in [2.05, 4.69) is 16.7 Å². The first-order valence-corrected chi connectivity index (χ1v) is 8.80. The normalized spacial score (nSPS) is 21.6. The minimum atomic E-state index is -0.707. The van der Waals surface area contributed by atoms with Crippen molar-refractivity contribution >= 4 is 29.4 Å². The average Bonchev–Trinajstić information content (AvgIpc) is 3.05. The molecule has 3 aliphatic rings. The summed E-state index contributed by atoms with van der Waals surface area (Å²) in [7, 11) is 3.06. The van der Waals surface area contributed by atoms with E-state index in [1.54, 1.807) is 24.2 Å². The Bertz CT molecular complexity index is 994. The van der Waals surface area contributed by atoms with E-state index in [1.807, 2.05) is 11.5 Å². The number of urea groups is 1. The smallest absolute Gasteiger partial charge is 0.270 e. The first-order chi connectivity index (χ1) is 13.3. The highest BCUT2D eigenvalue weighted by molar-refractivity contribution is 6.23. The van der Waals surface area contributed by atoms with Gasteiger partial charge in [0.1, 0.15) is 24.6 Å². The van der Waals surface area contributed by atoms with Gasteiger partial charge in [0.05, 0.1) is 0 Å². The number of hydrogen-bond donors (Lipinski definition) is 0. The number of aliphatic imine (C=N–C) groups is 1. The Balaban J connectivity index is 1.77. The number of hydrazone groups is 1. The molecule has 1 unspecified atom stereocenters. The Morgan fingerprint density at radius 2 is 1.93 bits per heavy atom. The van der Waals surface area contributed by atoms with Crippen LogP contribution in [0.4, 0.5) is 9.18 Å². The van der Waals surface area contributed by atoms with Crippen molar-refractivity contribution in [3.63, 3.8) is 0 Å². The first-order valence-electron chi connectivity index (χ1n) is 8.80. The zero-order valence-electron chi connectivity index (χ0n) is 15.9. The van der Waals surface area contributed by atoms with Crippen LogP contribution in [0.25, 0.3) is 0 Å². The number of fused-ring (bicyclic) bond motifs is 2. The van der Waals surface area contributed by atoms with Crippen LogP contribution in [0, 0.1) is 5.82 Å². The van der Waals surface area contributed by atoms with Crippen molar-refractivity contribution in [1.82, 2.24) is 14.8 Å². The largest absolute Gasteiger partial charge is 0.417 e. The number of halogens is 1. The summed E-state index contributed by atoms with van der Waals surface area (Å²) >= 11 is 0. The summed E-state index contributed by atoms with van der Waals surface area (Å²) in [6.45, 7) is 6.53. The van der Waals surface area contributed by atoms with Crippen molar-refractivity contribution < 1.29 is 18.6 Å². The Morgan fingerprint density at radius 1 is 1.25 bits per heavy atom. The number of carbonyl (C=O) groups excluding carboxylic acids is 2. The average molecular weight is 383 g/mol. The molecule has 8 nitrogen and oxygen atoms in total. The highest BCUT2D eigenvalue weighted by Crippen LogP contribution is 2.23. The van der Waals surface area contributed by atoms with Crippen molar-refractivity contribution in [1.29, 1.82) is 0 Å². The number of rotatable bonds is 3. The standard InChI is InChI=1S/C19H20FN6O2/c1-11(2)9-26-18-21-16-15(17(27)24(4)19(28)23(16)3)25(18)10-14(22-26)12-5-7-13(20)8-6-12/h5-8,15H,1,9-10H2,2-4H3/q+1. The maximum absolute atomic E-state index is 13.3. The number of imide groups is 1. The van der Waals surface area contributed by atoms with E-state index in [1.165, 1.54) is 24.1 Å². The van der Waals surface area contributed by atoms with Crippen LogP contribution in [0.1, 0.15) is 12.5 Å². The molecule has 28 heavy (non-hydrogen) atoms. The van der Waals surface area contributed by atoms with Gasteiger partial charge in [-0.3, -0.25) is 14.6 Å². The molecule has 0 saturated carbocycles. The number of hydrogen-bond acceptors (Lipinski definition) is 5. The van der Waals surface area contributed by atoms with Gasteiger partial charge < -0.3 is 0 Å². The van der Waals surface area contributed by atoms with Gasteiger partial charge >= 0.3 is 12.0 Å². The molecule has 0 bridgehead atoms. The Morgan fingerprint density at radius 3 is 2.57 bits per heavy atom. The first kappa shape index (κ1) is 18.0. The molecular formula is C19H20FN6O2+. The Hall–Kier alpha value is -3.36. The molecule has 0 aromatic heterocycles. The van der Waals surface area contributed by atoms with Crippen molar-refractivity contribution in [2.45, 2.75) is 13.0 Å². The fourth-order valence-electron chi connectivity index (χ4n) is 3.49. The number of amides is 3. The lowest BCUT2D eigenvalue weighted by Gasteiger charge is -2.32. The minimum absolute atomic E-state index is 0.312. The quantitative estimate of drug-likeness (QED) is 0.580. The van der Waals surface area contributed by atoms with E-state index in [4.69, 9.17) is 0 Å². The van der Waals surface area contributed by atoms with Crippen molar-refractivity contribution in [3.8, 4) is 0 Å². The zero-order valence-corrected chi connectivity index (χ0v) is 15.9. The van der Waals surface area contributed by atoms with E-state index >= 15 is 0 Å². The lowest BCUT2D eigenvalue weighted by atomic mass is 10.1. The lowest BCUT2D eigenvalue weighted by molar-refractivity contribution is -0.527. The molecule has 0 spiro atoms. The van der Waals surface area contributed by atoms with Gasteiger partial charge in [-0.2, -0.15) is 0 Å². The van der Waals surface area contributed by atoms with Gasteiger partial charge in [-0.05, 0) is 24.6 Å². The molecule has 1 fully saturated rings. The monoisotopic (exact) mass is 383 g/mol. The molecule has 144 valence electrons. The number of amidine groups is 1. The number of benzene rings is 1. The summed E-state index contributed by atoms with van der Waals surface area (Å²) in [5.41, 5.74) is 2.29. The van der Waals surface area contributed by atoms with E-state index in [0.29, 0.717) is 30.6 Å². The minimum Gasteiger partial charge on any atom is -0.270 e. The fraction of sp³-hybridized carbons (Fsp3) is 0.316. The van der Waals surface area contributed by atoms with Crippen LogP contribution in [0.2, 0.25) is 0 Å². The summed E-state index contributed by atoms with van der Waals surface area (Å²) in [5.74, 6) is 0.206. The van der Waals surface area contributed by atoms with Crippen LogP contribution in [0.15, 0.2) is 46.5 Å². The zero-order chi connectivity index (χ0) is 20.2. The third kappa shape index (κ3) is 2.70. The van der Waals surface area contributed by atoms with Gasteiger partial charge in [0, 0.05) is 19.7 Å². The summed E-state index contributed by atoms with van der Waals surface area (Å²) in [6.07, 6.45) is 0. The van der Waals surface area contributed by atoms with Crippen molar-refractivity contribution in [2.75, 3.05) is 27.2 Å². The van der Waals surface area contributed by atoms with E-state index in [-0.39, 0.29) is 11.7 Å². The highest BCUT2D eigenvalue weighted by atomic mass is 19.1. The molecule has 0 aliphatic carbocycles. The second-order valence-corrected chi connectivity index (χ2v) is 7.11. The second kappa shape index (κ2) is 6.36. The second-order valence-electron chi connectivity index (χ2n) is 7.11. The number of guanidine groups is 1.